The highest BCUT2D eigenvalue weighted by Crippen LogP contribution is 2.22. The molecule has 0 bridgehead atoms. The first-order chi connectivity index (χ1) is 14.2. The fourth-order valence-electron chi connectivity index (χ4n) is 2.53. The molecule has 2 aromatic carbocycles. The van der Waals surface area contributed by atoms with Gasteiger partial charge in [0.25, 0.3) is 11.8 Å². The molecule has 8 nitrogen and oxygen atoms in total. The maximum atomic E-state index is 12.5. The zero-order valence-electron chi connectivity index (χ0n) is 16.4. The predicted molar refractivity (Wildman–Crippen MR) is 117 cm³/mol. The van der Waals surface area contributed by atoms with Crippen molar-refractivity contribution in [2.24, 2.45) is 0 Å². The zero-order chi connectivity index (χ0) is 22.3. The second-order valence-corrected chi connectivity index (χ2v) is 7.78. The predicted octanol–water partition coefficient (Wildman–Crippen LogP) is 2.52. The van der Waals surface area contributed by atoms with Crippen LogP contribution in [0.3, 0.4) is 0 Å². The normalized spacial score (nSPS) is 11.1. The number of carboxylic acids is 1. The number of nitrogens with zero attached hydrogens (tertiary/aromatic N) is 2. The summed E-state index contributed by atoms with van der Waals surface area (Å²) in [5.41, 5.74) is 1.15. The molecule has 0 spiro atoms. The Labute approximate surface area is 187 Å². The van der Waals surface area contributed by atoms with Gasteiger partial charge in [0.05, 0.1) is 27.7 Å². The van der Waals surface area contributed by atoms with E-state index in [4.69, 9.17) is 15.1 Å². The van der Waals surface area contributed by atoms with Crippen LogP contribution in [0.5, 0.6) is 5.75 Å². The molecule has 0 aliphatic heterocycles. The van der Waals surface area contributed by atoms with Crippen LogP contribution < -0.4 is 10.1 Å². The summed E-state index contributed by atoms with van der Waals surface area (Å²) in [6.07, 6.45) is -0.336. The summed E-state index contributed by atoms with van der Waals surface area (Å²) in [6.45, 7) is -0.0832. The molecule has 0 heterocycles. The lowest BCUT2D eigenvalue weighted by atomic mass is 10.1. The van der Waals surface area contributed by atoms with Crippen molar-refractivity contribution in [1.82, 2.24) is 10.2 Å². The van der Waals surface area contributed by atoms with Crippen molar-refractivity contribution in [3.05, 3.63) is 62.7 Å². The van der Waals surface area contributed by atoms with Gasteiger partial charge in [-0.1, -0.05) is 0 Å². The molecule has 0 saturated heterocycles. The number of aliphatic carboxylic acids is 1. The Morgan fingerprint density at radius 3 is 2.37 bits per heavy atom. The Balaban J connectivity index is 2.09. The van der Waals surface area contributed by atoms with Gasteiger partial charge in [-0.3, -0.25) is 14.4 Å². The molecule has 2 rings (SSSR count). The first kappa shape index (κ1) is 23.2. The number of hydrogen-bond acceptors (Lipinski definition) is 5. The van der Waals surface area contributed by atoms with Gasteiger partial charge < -0.3 is 20.1 Å². The molecule has 2 aromatic rings. The Hall–Kier alpha value is -3.13. The summed E-state index contributed by atoms with van der Waals surface area (Å²) in [7, 11) is 3.26. The molecule has 30 heavy (non-hydrogen) atoms. The average Bonchev–Trinajstić information content (AvgIpc) is 2.72. The molecule has 0 radical (unpaired) electrons. The summed E-state index contributed by atoms with van der Waals surface area (Å²) in [5, 5.41) is 20.8. The molecule has 156 valence electrons. The molecule has 0 aromatic heterocycles. The first-order valence-electron chi connectivity index (χ1n) is 8.88. The topological polar surface area (TPSA) is 120 Å². The lowest BCUT2D eigenvalue weighted by Gasteiger charge is -2.18. The van der Waals surface area contributed by atoms with Gasteiger partial charge in [0.2, 0.25) is 0 Å². The van der Waals surface area contributed by atoms with Crippen molar-refractivity contribution in [1.29, 1.82) is 5.26 Å². The number of ether oxygens (including phenoxy) is 1. The lowest BCUT2D eigenvalue weighted by molar-refractivity contribution is -0.137. The van der Waals surface area contributed by atoms with Gasteiger partial charge in [0.15, 0.2) is 0 Å². The summed E-state index contributed by atoms with van der Waals surface area (Å²) in [4.78, 5) is 37.1. The van der Waals surface area contributed by atoms with Crippen molar-refractivity contribution >= 4 is 40.4 Å². The number of carbonyl (C=O) groups excluding carboxylic acids is 2. The highest BCUT2D eigenvalue weighted by Gasteiger charge is 2.19. The molecule has 0 aliphatic carbocycles. The van der Waals surface area contributed by atoms with Crippen molar-refractivity contribution in [3.63, 3.8) is 0 Å². The smallest absolute Gasteiger partial charge is 0.305 e. The van der Waals surface area contributed by atoms with Crippen molar-refractivity contribution in [3.8, 4) is 11.8 Å². The van der Waals surface area contributed by atoms with Gasteiger partial charge in [-0.05, 0) is 65.1 Å². The second kappa shape index (κ2) is 10.6. The van der Waals surface area contributed by atoms with E-state index in [0.29, 0.717) is 22.4 Å². The maximum Gasteiger partial charge on any atom is 0.305 e. The van der Waals surface area contributed by atoms with E-state index in [1.54, 1.807) is 32.3 Å². The van der Waals surface area contributed by atoms with E-state index in [0.717, 1.165) is 3.57 Å². The molecular formula is C21H20IN3O5. The monoisotopic (exact) mass is 521 g/mol. The van der Waals surface area contributed by atoms with Crippen molar-refractivity contribution in [2.75, 3.05) is 20.7 Å². The number of rotatable bonds is 8. The number of carbonyl (C=O) groups is 3. The Kier molecular flexibility index (Phi) is 8.17. The minimum absolute atomic E-state index is 0.0832. The molecule has 2 N–H and O–H groups in total. The van der Waals surface area contributed by atoms with Gasteiger partial charge >= 0.3 is 5.97 Å². The largest absolute Gasteiger partial charge is 0.490 e. The van der Waals surface area contributed by atoms with Crippen LogP contribution in [0.4, 0.5) is 0 Å². The number of halogens is 1. The van der Waals surface area contributed by atoms with Crippen LogP contribution >= 0.6 is 22.6 Å². The van der Waals surface area contributed by atoms with Gasteiger partial charge in [0.1, 0.15) is 12.4 Å². The van der Waals surface area contributed by atoms with E-state index >= 15 is 0 Å². The van der Waals surface area contributed by atoms with Crippen LogP contribution in [-0.4, -0.2) is 54.5 Å². The molecule has 9 heteroatoms. The van der Waals surface area contributed by atoms with E-state index in [9.17, 15) is 14.4 Å². The summed E-state index contributed by atoms with van der Waals surface area (Å²) in [5.74, 6) is -1.32. The van der Waals surface area contributed by atoms with Crippen LogP contribution in [0.25, 0.3) is 0 Å². The second-order valence-electron chi connectivity index (χ2n) is 6.61. The van der Waals surface area contributed by atoms with E-state index in [2.05, 4.69) is 5.32 Å². The number of nitriles is 1. The summed E-state index contributed by atoms with van der Waals surface area (Å²) < 4.78 is 6.43. The minimum atomic E-state index is -1.09. The minimum Gasteiger partial charge on any atom is -0.490 e. The third-order valence-corrected chi connectivity index (χ3v) is 4.95. The van der Waals surface area contributed by atoms with Gasteiger partial charge in [-0.15, -0.1) is 0 Å². The fraction of sp³-hybridized carbons (Fsp3) is 0.238. The molecule has 1 atom stereocenters. The first-order valence-corrected chi connectivity index (χ1v) is 9.96. The Morgan fingerprint density at radius 1 is 1.17 bits per heavy atom. The number of nitrogens with one attached hydrogen (secondary N) is 1. The van der Waals surface area contributed by atoms with Crippen LogP contribution in [0, 0.1) is 14.9 Å². The number of benzene rings is 2. The Morgan fingerprint density at radius 2 is 1.80 bits per heavy atom. The number of amides is 2. The van der Waals surface area contributed by atoms with Crippen LogP contribution in [0.15, 0.2) is 42.5 Å². The van der Waals surface area contributed by atoms with E-state index in [-0.39, 0.29) is 18.9 Å². The SMILES string of the molecule is CN(C)C(=O)c1ccc(C(=O)N[C@@H](COc2cc(C#N)ccc2I)CC(=O)O)cc1. The van der Waals surface area contributed by atoms with Gasteiger partial charge in [-0.2, -0.15) is 5.26 Å². The molecule has 0 unspecified atom stereocenters. The maximum absolute atomic E-state index is 12.5. The summed E-state index contributed by atoms with van der Waals surface area (Å²) >= 11 is 2.04. The quantitative estimate of drug-likeness (QED) is 0.516. The van der Waals surface area contributed by atoms with E-state index < -0.39 is 17.9 Å². The van der Waals surface area contributed by atoms with Crippen molar-refractivity contribution in [2.45, 2.75) is 12.5 Å². The Bertz CT molecular complexity index is 983. The molecule has 0 fully saturated rings. The van der Waals surface area contributed by atoms with Crippen LogP contribution in [0.1, 0.15) is 32.7 Å². The number of hydrogen-bond donors (Lipinski definition) is 2. The summed E-state index contributed by atoms with van der Waals surface area (Å²) in [6, 6.07) is 12.2. The third kappa shape index (κ3) is 6.45. The van der Waals surface area contributed by atoms with E-state index in [1.165, 1.54) is 29.2 Å². The average molecular weight is 521 g/mol. The highest BCUT2D eigenvalue weighted by atomic mass is 127. The highest BCUT2D eigenvalue weighted by molar-refractivity contribution is 14.1. The van der Waals surface area contributed by atoms with Crippen LogP contribution in [0.2, 0.25) is 0 Å². The molecule has 0 aliphatic rings. The fourth-order valence-corrected chi connectivity index (χ4v) is 3.02. The van der Waals surface area contributed by atoms with Gasteiger partial charge in [0, 0.05) is 25.2 Å². The zero-order valence-corrected chi connectivity index (χ0v) is 18.5. The van der Waals surface area contributed by atoms with Crippen LogP contribution in [-0.2, 0) is 4.79 Å². The van der Waals surface area contributed by atoms with E-state index in [1.807, 2.05) is 28.7 Å². The standard InChI is InChI=1S/C21H20IN3O5/c1-25(2)21(29)15-6-4-14(5-7-15)20(28)24-16(10-19(26)27)12-30-18-9-13(11-23)3-8-17(18)22/h3-9,16H,10,12H2,1-2H3,(H,24,28)(H,26,27)/t16-/m1/s1. The third-order valence-electron chi connectivity index (χ3n) is 4.06. The molecular weight excluding hydrogens is 501 g/mol. The molecule has 0 saturated carbocycles. The number of carboxylic acid groups (broad SMARTS) is 1. The lowest BCUT2D eigenvalue weighted by Crippen LogP contribution is -2.40. The van der Waals surface area contributed by atoms with Crippen molar-refractivity contribution < 1.29 is 24.2 Å². The molecule has 2 amide bonds. The van der Waals surface area contributed by atoms with Gasteiger partial charge in [-0.25, -0.2) is 0 Å².